The van der Waals surface area contributed by atoms with Crippen molar-refractivity contribution in [1.29, 1.82) is 0 Å². The highest BCUT2D eigenvalue weighted by Crippen LogP contribution is 2.45. The van der Waals surface area contributed by atoms with Crippen LogP contribution in [0.3, 0.4) is 0 Å². The number of thioether (sulfide) groups is 1. The molecule has 1 fully saturated rings. The standard InChI is InChI=1S/C13H16BrClS/c14-9-13(6-1-7-13)10-16-8-11-2-4-12(15)5-3-11/h2-5H,1,6-10H2. The molecule has 1 aliphatic rings. The summed E-state index contributed by atoms with van der Waals surface area (Å²) in [6, 6.07) is 8.19. The highest BCUT2D eigenvalue weighted by molar-refractivity contribution is 9.09. The number of hydrogen-bond acceptors (Lipinski definition) is 1. The lowest BCUT2D eigenvalue weighted by atomic mass is 9.72. The van der Waals surface area contributed by atoms with Crippen molar-refractivity contribution < 1.29 is 0 Å². The molecule has 0 heterocycles. The first-order valence-corrected chi connectivity index (χ1v) is 8.28. The van der Waals surface area contributed by atoms with Crippen molar-refractivity contribution in [2.45, 2.75) is 25.0 Å². The lowest BCUT2D eigenvalue weighted by molar-refractivity contribution is 0.206. The van der Waals surface area contributed by atoms with Crippen LogP contribution in [-0.2, 0) is 5.75 Å². The lowest BCUT2D eigenvalue weighted by Crippen LogP contribution is -2.33. The van der Waals surface area contributed by atoms with E-state index < -0.39 is 0 Å². The lowest BCUT2D eigenvalue weighted by Gasteiger charge is -2.40. The van der Waals surface area contributed by atoms with Gasteiger partial charge in [-0.25, -0.2) is 0 Å². The van der Waals surface area contributed by atoms with Gasteiger partial charge in [-0.3, -0.25) is 0 Å². The predicted octanol–water partition coefficient (Wildman–Crippen LogP) is 5.14. The maximum Gasteiger partial charge on any atom is 0.0406 e. The van der Waals surface area contributed by atoms with E-state index in [-0.39, 0.29) is 0 Å². The van der Waals surface area contributed by atoms with Crippen LogP contribution in [0.4, 0.5) is 0 Å². The van der Waals surface area contributed by atoms with E-state index in [1.54, 1.807) is 0 Å². The average molecular weight is 320 g/mol. The second kappa shape index (κ2) is 5.79. The van der Waals surface area contributed by atoms with Crippen molar-refractivity contribution >= 4 is 39.3 Å². The molecule has 0 atom stereocenters. The Balaban J connectivity index is 1.77. The van der Waals surface area contributed by atoms with Crippen molar-refractivity contribution in [3.05, 3.63) is 34.9 Å². The molecule has 88 valence electrons. The predicted molar refractivity (Wildman–Crippen MR) is 77.7 cm³/mol. The quantitative estimate of drug-likeness (QED) is 0.677. The molecule has 0 bridgehead atoms. The Labute approximate surface area is 115 Å². The molecule has 1 aromatic carbocycles. The molecule has 0 aliphatic heterocycles. The zero-order valence-electron chi connectivity index (χ0n) is 9.22. The number of rotatable bonds is 5. The van der Waals surface area contributed by atoms with Gasteiger partial charge >= 0.3 is 0 Å². The van der Waals surface area contributed by atoms with E-state index in [2.05, 4.69) is 28.1 Å². The molecule has 3 heteroatoms. The molecular weight excluding hydrogens is 304 g/mol. The van der Waals surface area contributed by atoms with Gasteiger partial charge in [-0.05, 0) is 36.0 Å². The third-order valence-corrected chi connectivity index (χ3v) is 6.08. The summed E-state index contributed by atoms with van der Waals surface area (Å²) >= 11 is 11.6. The molecule has 1 saturated carbocycles. The smallest absolute Gasteiger partial charge is 0.0406 e. The fourth-order valence-electron chi connectivity index (χ4n) is 1.96. The van der Waals surface area contributed by atoms with Crippen LogP contribution in [0, 0.1) is 5.41 Å². The fourth-order valence-corrected chi connectivity index (χ4v) is 4.46. The van der Waals surface area contributed by atoms with Crippen molar-refractivity contribution in [2.24, 2.45) is 5.41 Å². The van der Waals surface area contributed by atoms with Gasteiger partial charge in [0.15, 0.2) is 0 Å². The van der Waals surface area contributed by atoms with Crippen LogP contribution in [0.25, 0.3) is 0 Å². The first-order chi connectivity index (χ1) is 7.74. The van der Waals surface area contributed by atoms with Gasteiger partial charge in [0.1, 0.15) is 0 Å². The summed E-state index contributed by atoms with van der Waals surface area (Å²) in [6.07, 6.45) is 4.20. The Bertz CT molecular complexity index is 327. The monoisotopic (exact) mass is 318 g/mol. The van der Waals surface area contributed by atoms with Gasteiger partial charge < -0.3 is 0 Å². The van der Waals surface area contributed by atoms with Crippen molar-refractivity contribution in [2.75, 3.05) is 11.1 Å². The second-order valence-corrected chi connectivity index (χ2v) is 6.59. The minimum Gasteiger partial charge on any atom is -0.157 e. The summed E-state index contributed by atoms with van der Waals surface area (Å²) in [7, 11) is 0. The molecule has 0 nitrogen and oxygen atoms in total. The number of benzene rings is 1. The maximum atomic E-state index is 5.86. The van der Waals surface area contributed by atoms with Gasteiger partial charge in [0.05, 0.1) is 0 Å². The Hall–Kier alpha value is 0.340. The zero-order valence-corrected chi connectivity index (χ0v) is 12.4. The maximum absolute atomic E-state index is 5.86. The van der Waals surface area contributed by atoms with Crippen LogP contribution in [0.5, 0.6) is 0 Å². The molecule has 0 spiro atoms. The van der Waals surface area contributed by atoms with Crippen molar-refractivity contribution in [3.8, 4) is 0 Å². The molecule has 2 rings (SSSR count). The van der Waals surface area contributed by atoms with Crippen LogP contribution in [0.15, 0.2) is 24.3 Å². The largest absolute Gasteiger partial charge is 0.157 e. The van der Waals surface area contributed by atoms with Gasteiger partial charge in [0.25, 0.3) is 0 Å². The molecule has 0 amide bonds. The van der Waals surface area contributed by atoms with Crippen LogP contribution in [0.1, 0.15) is 24.8 Å². The minimum atomic E-state index is 0.594. The third kappa shape index (κ3) is 3.18. The molecular formula is C13H16BrClS. The molecule has 1 aromatic rings. The Morgan fingerprint density at radius 1 is 1.25 bits per heavy atom. The molecule has 16 heavy (non-hydrogen) atoms. The molecule has 0 aromatic heterocycles. The SMILES string of the molecule is Clc1ccc(CSCC2(CBr)CCC2)cc1. The molecule has 0 unspecified atom stereocenters. The number of halogens is 2. The fraction of sp³-hybridized carbons (Fsp3) is 0.538. The number of alkyl halides is 1. The van der Waals surface area contributed by atoms with E-state index in [1.807, 2.05) is 23.9 Å². The molecule has 0 radical (unpaired) electrons. The summed E-state index contributed by atoms with van der Waals surface area (Å²) in [6.45, 7) is 0. The molecule has 1 aliphatic carbocycles. The van der Waals surface area contributed by atoms with Gasteiger partial charge in [-0.2, -0.15) is 11.8 Å². The Morgan fingerprint density at radius 3 is 2.44 bits per heavy atom. The number of hydrogen-bond donors (Lipinski definition) is 0. The average Bonchev–Trinajstić information content (AvgIpc) is 2.25. The normalized spacial score (nSPS) is 18.1. The van der Waals surface area contributed by atoms with E-state index in [4.69, 9.17) is 11.6 Å². The van der Waals surface area contributed by atoms with Gasteiger partial charge in [-0.15, -0.1) is 0 Å². The van der Waals surface area contributed by atoms with Crippen molar-refractivity contribution in [3.63, 3.8) is 0 Å². The van der Waals surface area contributed by atoms with Crippen LogP contribution >= 0.6 is 39.3 Å². The third-order valence-electron chi connectivity index (χ3n) is 3.29. The summed E-state index contributed by atoms with van der Waals surface area (Å²) in [5.41, 5.74) is 1.97. The first kappa shape index (κ1) is 12.8. The Kier molecular flexibility index (Phi) is 4.63. The second-order valence-electron chi connectivity index (χ2n) is 4.61. The summed E-state index contributed by atoms with van der Waals surface area (Å²) < 4.78 is 0. The van der Waals surface area contributed by atoms with E-state index in [0.29, 0.717) is 5.41 Å². The van der Waals surface area contributed by atoms with Gasteiger partial charge in [0, 0.05) is 21.9 Å². The topological polar surface area (TPSA) is 0 Å². The van der Waals surface area contributed by atoms with Crippen LogP contribution in [-0.4, -0.2) is 11.1 Å². The minimum absolute atomic E-state index is 0.594. The van der Waals surface area contributed by atoms with Gasteiger partial charge in [0.2, 0.25) is 0 Å². The van der Waals surface area contributed by atoms with E-state index >= 15 is 0 Å². The molecule has 0 saturated heterocycles. The highest BCUT2D eigenvalue weighted by Gasteiger charge is 2.35. The zero-order chi connectivity index (χ0) is 11.4. The summed E-state index contributed by atoms with van der Waals surface area (Å²) in [5, 5.41) is 1.98. The summed E-state index contributed by atoms with van der Waals surface area (Å²) in [5.74, 6) is 2.38. The first-order valence-electron chi connectivity index (χ1n) is 5.62. The van der Waals surface area contributed by atoms with E-state index in [9.17, 15) is 0 Å². The Morgan fingerprint density at radius 2 is 1.94 bits per heavy atom. The van der Waals surface area contributed by atoms with Crippen molar-refractivity contribution in [1.82, 2.24) is 0 Å². The van der Waals surface area contributed by atoms with E-state index in [1.165, 1.54) is 30.6 Å². The molecule has 0 N–H and O–H groups in total. The van der Waals surface area contributed by atoms with Gasteiger partial charge in [-0.1, -0.05) is 46.1 Å². The van der Waals surface area contributed by atoms with Crippen LogP contribution < -0.4 is 0 Å². The highest BCUT2D eigenvalue weighted by atomic mass is 79.9. The van der Waals surface area contributed by atoms with E-state index in [0.717, 1.165) is 16.1 Å². The van der Waals surface area contributed by atoms with Crippen LogP contribution in [0.2, 0.25) is 5.02 Å². The summed E-state index contributed by atoms with van der Waals surface area (Å²) in [4.78, 5) is 0.